The van der Waals surface area contributed by atoms with Crippen molar-refractivity contribution in [1.82, 2.24) is 4.57 Å². The van der Waals surface area contributed by atoms with Gasteiger partial charge >= 0.3 is 0 Å². The van der Waals surface area contributed by atoms with Crippen LogP contribution in [0.15, 0.2) is 97.2 Å². The van der Waals surface area contributed by atoms with Crippen LogP contribution in [0.25, 0.3) is 33.3 Å². The quantitative estimate of drug-likeness (QED) is 0.277. The Kier molecular flexibility index (Phi) is 5.04. The van der Waals surface area contributed by atoms with E-state index in [9.17, 15) is 5.26 Å². The molecule has 4 aromatic carbocycles. The molecule has 5 aromatic rings. The van der Waals surface area contributed by atoms with Crippen LogP contribution >= 0.6 is 11.6 Å². The molecule has 0 atom stereocenters. The van der Waals surface area contributed by atoms with Gasteiger partial charge < -0.3 is 4.57 Å². The molecule has 1 aromatic heterocycles. The van der Waals surface area contributed by atoms with Crippen molar-refractivity contribution in [3.05, 3.63) is 119 Å². The highest BCUT2D eigenvalue weighted by molar-refractivity contribution is 6.32. The fraction of sp³-hybridized carbons (Fsp3) is 0.0357. The lowest BCUT2D eigenvalue weighted by atomic mass is 10.0. The third-order valence-electron chi connectivity index (χ3n) is 5.62. The van der Waals surface area contributed by atoms with Crippen molar-refractivity contribution in [2.24, 2.45) is 0 Å². The summed E-state index contributed by atoms with van der Waals surface area (Å²) in [5.41, 5.74) is 4.71. The number of allylic oxidation sites excluding steroid dienone is 1. The third kappa shape index (κ3) is 3.61. The van der Waals surface area contributed by atoms with Crippen molar-refractivity contribution in [2.75, 3.05) is 0 Å². The number of aromatic nitrogens is 1. The zero-order chi connectivity index (χ0) is 21.2. The van der Waals surface area contributed by atoms with E-state index in [1.165, 1.54) is 16.3 Å². The van der Waals surface area contributed by atoms with Gasteiger partial charge in [0.25, 0.3) is 0 Å². The molecule has 0 aliphatic heterocycles. The van der Waals surface area contributed by atoms with E-state index in [2.05, 4.69) is 77.5 Å². The number of benzene rings is 4. The van der Waals surface area contributed by atoms with Crippen LogP contribution in [-0.2, 0) is 6.54 Å². The normalized spacial score (nSPS) is 11.7. The SMILES string of the molecule is N#CC(=Cc1cn(Cc2cccc3ccccc23)c2ccccc12)c1ccccc1Cl. The number of para-hydroxylation sites is 1. The van der Waals surface area contributed by atoms with E-state index in [1.54, 1.807) is 0 Å². The first-order valence-corrected chi connectivity index (χ1v) is 10.5. The summed E-state index contributed by atoms with van der Waals surface area (Å²) < 4.78 is 2.25. The fourth-order valence-electron chi connectivity index (χ4n) is 4.14. The van der Waals surface area contributed by atoms with Gasteiger partial charge in [-0.25, -0.2) is 0 Å². The molecule has 0 aliphatic carbocycles. The maximum Gasteiger partial charge on any atom is 0.0998 e. The van der Waals surface area contributed by atoms with E-state index < -0.39 is 0 Å². The van der Waals surface area contributed by atoms with Crippen molar-refractivity contribution in [3.63, 3.8) is 0 Å². The predicted molar refractivity (Wildman–Crippen MR) is 130 cm³/mol. The number of hydrogen-bond donors (Lipinski definition) is 0. The van der Waals surface area contributed by atoms with Crippen LogP contribution in [0.3, 0.4) is 0 Å². The third-order valence-corrected chi connectivity index (χ3v) is 5.95. The summed E-state index contributed by atoms with van der Waals surface area (Å²) in [5, 5.41) is 14.0. The number of rotatable bonds is 4. The molecule has 0 radical (unpaired) electrons. The van der Waals surface area contributed by atoms with Gasteiger partial charge in [0.05, 0.1) is 11.6 Å². The summed E-state index contributed by atoms with van der Waals surface area (Å²) in [5.74, 6) is 0. The highest BCUT2D eigenvalue weighted by atomic mass is 35.5. The van der Waals surface area contributed by atoms with E-state index in [1.807, 2.05) is 36.4 Å². The molecule has 5 rings (SSSR count). The van der Waals surface area contributed by atoms with Gasteiger partial charge in [-0.3, -0.25) is 0 Å². The Bertz CT molecular complexity index is 1480. The maximum atomic E-state index is 9.81. The highest BCUT2D eigenvalue weighted by Gasteiger charge is 2.11. The summed E-state index contributed by atoms with van der Waals surface area (Å²) in [7, 11) is 0. The molecule has 0 saturated carbocycles. The molecule has 0 spiro atoms. The lowest BCUT2D eigenvalue weighted by molar-refractivity contribution is 0.842. The second kappa shape index (κ2) is 8.14. The number of fused-ring (bicyclic) bond motifs is 2. The Labute approximate surface area is 186 Å². The van der Waals surface area contributed by atoms with Crippen molar-refractivity contribution in [2.45, 2.75) is 6.54 Å². The summed E-state index contributed by atoms with van der Waals surface area (Å²) in [6.45, 7) is 0.754. The Morgan fingerprint density at radius 2 is 1.55 bits per heavy atom. The van der Waals surface area contributed by atoms with Gasteiger partial charge in [0.1, 0.15) is 0 Å². The lowest BCUT2D eigenvalue weighted by Crippen LogP contribution is -1.98. The Balaban J connectivity index is 1.64. The van der Waals surface area contributed by atoms with Gasteiger partial charge in [-0.2, -0.15) is 5.26 Å². The molecular weight excluding hydrogens is 400 g/mol. The number of hydrogen-bond acceptors (Lipinski definition) is 1. The van der Waals surface area contributed by atoms with Crippen molar-refractivity contribution in [3.8, 4) is 6.07 Å². The molecule has 0 amide bonds. The Hall–Kier alpha value is -3.80. The van der Waals surface area contributed by atoms with E-state index >= 15 is 0 Å². The molecule has 0 bridgehead atoms. The molecule has 0 fully saturated rings. The Morgan fingerprint density at radius 1 is 0.839 bits per heavy atom. The van der Waals surface area contributed by atoms with Crippen molar-refractivity contribution in [1.29, 1.82) is 5.26 Å². The monoisotopic (exact) mass is 418 g/mol. The number of nitriles is 1. The molecule has 0 aliphatic rings. The van der Waals surface area contributed by atoms with E-state index in [0.29, 0.717) is 10.6 Å². The first-order chi connectivity index (χ1) is 15.2. The van der Waals surface area contributed by atoms with Crippen molar-refractivity contribution >= 4 is 44.9 Å². The first kappa shape index (κ1) is 19.2. The van der Waals surface area contributed by atoms with Gasteiger partial charge in [0, 0.05) is 39.8 Å². The minimum atomic E-state index is 0.554. The zero-order valence-corrected chi connectivity index (χ0v) is 17.6. The molecule has 0 N–H and O–H groups in total. The highest BCUT2D eigenvalue weighted by Crippen LogP contribution is 2.30. The first-order valence-electron chi connectivity index (χ1n) is 10.2. The van der Waals surface area contributed by atoms with Crippen molar-refractivity contribution < 1.29 is 0 Å². The molecule has 0 unspecified atom stereocenters. The van der Waals surface area contributed by atoms with Crippen LogP contribution in [0.5, 0.6) is 0 Å². The average Bonchev–Trinajstić information content (AvgIpc) is 3.15. The molecular formula is C28H19ClN2. The topological polar surface area (TPSA) is 28.7 Å². The summed E-state index contributed by atoms with van der Waals surface area (Å²) in [6.07, 6.45) is 4.06. The van der Waals surface area contributed by atoms with Crippen LogP contribution in [0.4, 0.5) is 0 Å². The molecule has 31 heavy (non-hydrogen) atoms. The average molecular weight is 419 g/mol. The Morgan fingerprint density at radius 3 is 2.39 bits per heavy atom. The van der Waals surface area contributed by atoms with Gasteiger partial charge in [0.2, 0.25) is 0 Å². The standard InChI is InChI=1S/C28H19ClN2/c29-27-14-5-3-12-25(27)22(17-30)16-23-19-31(28-15-6-4-13-26(23)28)18-21-10-7-9-20-8-1-2-11-24(20)21/h1-16,19H,18H2. The second-order valence-electron chi connectivity index (χ2n) is 7.52. The fourth-order valence-corrected chi connectivity index (χ4v) is 4.38. The number of nitrogens with zero attached hydrogens (tertiary/aromatic N) is 2. The molecule has 3 heteroatoms. The lowest BCUT2D eigenvalue weighted by Gasteiger charge is -2.09. The molecule has 1 heterocycles. The van der Waals surface area contributed by atoms with Gasteiger partial charge in [-0.05, 0) is 34.5 Å². The summed E-state index contributed by atoms with van der Waals surface area (Å²) >= 11 is 6.35. The maximum absolute atomic E-state index is 9.81. The van der Waals surface area contributed by atoms with Gasteiger partial charge in [-0.1, -0.05) is 90.5 Å². The molecule has 2 nitrogen and oxygen atoms in total. The van der Waals surface area contributed by atoms with Crippen LogP contribution in [0, 0.1) is 11.3 Å². The molecule has 0 saturated heterocycles. The van der Waals surface area contributed by atoms with Crippen LogP contribution in [0.2, 0.25) is 5.02 Å². The smallest absolute Gasteiger partial charge is 0.0998 e. The minimum absolute atomic E-state index is 0.554. The van der Waals surface area contributed by atoms with Crippen LogP contribution < -0.4 is 0 Å². The van der Waals surface area contributed by atoms with Gasteiger partial charge in [0.15, 0.2) is 0 Å². The minimum Gasteiger partial charge on any atom is -0.342 e. The number of halogens is 1. The van der Waals surface area contributed by atoms with E-state index in [-0.39, 0.29) is 0 Å². The molecule has 148 valence electrons. The summed E-state index contributed by atoms with van der Waals surface area (Å²) in [4.78, 5) is 0. The van der Waals surface area contributed by atoms with Gasteiger partial charge in [-0.15, -0.1) is 0 Å². The van der Waals surface area contributed by atoms with Crippen LogP contribution in [0.1, 0.15) is 16.7 Å². The van der Waals surface area contributed by atoms with E-state index in [0.717, 1.165) is 28.6 Å². The van der Waals surface area contributed by atoms with Crippen LogP contribution in [-0.4, -0.2) is 4.57 Å². The van der Waals surface area contributed by atoms with E-state index in [4.69, 9.17) is 11.6 Å². The summed E-state index contributed by atoms with van der Waals surface area (Å²) in [6, 6.07) is 33.0. The zero-order valence-electron chi connectivity index (χ0n) is 16.8. The second-order valence-corrected chi connectivity index (χ2v) is 7.92. The predicted octanol–water partition coefficient (Wildman–Crippen LogP) is 7.56. The largest absolute Gasteiger partial charge is 0.342 e.